The average Bonchev–Trinajstić information content (AvgIpc) is 2.47. The SMILES string of the molecule is CCOc1ccc(NCc2ccc([N+](=O)[O-])cc2Cl)cn1. The summed E-state index contributed by atoms with van der Waals surface area (Å²) in [5, 5.41) is 14.1. The van der Waals surface area contributed by atoms with E-state index in [4.69, 9.17) is 16.3 Å². The normalized spacial score (nSPS) is 10.2. The summed E-state index contributed by atoms with van der Waals surface area (Å²) in [6.45, 7) is 2.91. The lowest BCUT2D eigenvalue weighted by molar-refractivity contribution is -0.384. The maximum Gasteiger partial charge on any atom is 0.270 e. The lowest BCUT2D eigenvalue weighted by Crippen LogP contribution is -2.01. The number of nitrogens with one attached hydrogen (secondary N) is 1. The van der Waals surface area contributed by atoms with Crippen LogP contribution in [-0.4, -0.2) is 16.5 Å². The number of nitrogens with zero attached hydrogens (tertiary/aromatic N) is 2. The molecule has 0 unspecified atom stereocenters. The molecule has 1 aromatic carbocycles. The van der Waals surface area contributed by atoms with Gasteiger partial charge in [-0.1, -0.05) is 11.6 Å². The molecule has 1 heterocycles. The first kappa shape index (κ1) is 15.1. The molecule has 21 heavy (non-hydrogen) atoms. The minimum absolute atomic E-state index is 0.0218. The van der Waals surface area contributed by atoms with Crippen molar-refractivity contribution >= 4 is 23.0 Å². The van der Waals surface area contributed by atoms with Crippen LogP contribution in [-0.2, 0) is 6.54 Å². The van der Waals surface area contributed by atoms with Crippen molar-refractivity contribution in [3.05, 3.63) is 57.2 Å². The van der Waals surface area contributed by atoms with Gasteiger partial charge in [0.15, 0.2) is 0 Å². The van der Waals surface area contributed by atoms with Gasteiger partial charge in [0.2, 0.25) is 5.88 Å². The maximum absolute atomic E-state index is 10.6. The fourth-order valence-electron chi connectivity index (χ4n) is 1.71. The van der Waals surface area contributed by atoms with Gasteiger partial charge in [-0.3, -0.25) is 10.1 Å². The first-order chi connectivity index (χ1) is 10.1. The zero-order valence-corrected chi connectivity index (χ0v) is 12.1. The van der Waals surface area contributed by atoms with Gasteiger partial charge in [-0.2, -0.15) is 0 Å². The van der Waals surface area contributed by atoms with E-state index in [2.05, 4.69) is 10.3 Å². The number of anilines is 1. The number of non-ortho nitro benzene ring substituents is 1. The largest absolute Gasteiger partial charge is 0.478 e. The van der Waals surface area contributed by atoms with E-state index in [1.54, 1.807) is 18.3 Å². The van der Waals surface area contributed by atoms with Crippen molar-refractivity contribution in [3.8, 4) is 5.88 Å². The summed E-state index contributed by atoms with van der Waals surface area (Å²) in [6.07, 6.45) is 1.66. The molecule has 2 aromatic rings. The molecule has 110 valence electrons. The third-order valence-electron chi connectivity index (χ3n) is 2.76. The summed E-state index contributed by atoms with van der Waals surface area (Å²) in [6, 6.07) is 8.02. The Labute approximate surface area is 126 Å². The van der Waals surface area contributed by atoms with Gasteiger partial charge < -0.3 is 10.1 Å². The second kappa shape index (κ2) is 6.90. The highest BCUT2D eigenvalue weighted by atomic mass is 35.5. The van der Waals surface area contributed by atoms with Gasteiger partial charge in [-0.15, -0.1) is 0 Å². The van der Waals surface area contributed by atoms with Crippen molar-refractivity contribution in [2.75, 3.05) is 11.9 Å². The molecular weight excluding hydrogens is 294 g/mol. The van der Waals surface area contributed by atoms with Crippen LogP contribution in [0, 0.1) is 10.1 Å². The van der Waals surface area contributed by atoms with Gasteiger partial charge in [0.1, 0.15) is 0 Å². The van der Waals surface area contributed by atoms with E-state index in [9.17, 15) is 10.1 Å². The molecule has 1 N–H and O–H groups in total. The van der Waals surface area contributed by atoms with Crippen LogP contribution in [0.4, 0.5) is 11.4 Å². The molecule has 0 aliphatic heterocycles. The van der Waals surface area contributed by atoms with E-state index in [1.807, 2.05) is 13.0 Å². The standard InChI is InChI=1S/C14H14ClN3O3/c1-2-21-14-6-4-11(9-17-14)16-8-10-3-5-12(18(19)20)7-13(10)15/h3-7,9,16H,2,8H2,1H3. The fourth-order valence-corrected chi connectivity index (χ4v) is 1.95. The van der Waals surface area contributed by atoms with E-state index in [0.29, 0.717) is 24.1 Å². The zero-order chi connectivity index (χ0) is 15.2. The molecule has 0 amide bonds. The van der Waals surface area contributed by atoms with Crippen LogP contribution in [0.5, 0.6) is 5.88 Å². The minimum Gasteiger partial charge on any atom is -0.478 e. The predicted molar refractivity (Wildman–Crippen MR) is 80.8 cm³/mol. The highest BCUT2D eigenvalue weighted by Gasteiger charge is 2.09. The van der Waals surface area contributed by atoms with Crippen LogP contribution < -0.4 is 10.1 Å². The topological polar surface area (TPSA) is 77.3 Å². The molecule has 0 aliphatic carbocycles. The molecular formula is C14H14ClN3O3. The number of hydrogen-bond donors (Lipinski definition) is 1. The number of rotatable bonds is 6. The average molecular weight is 308 g/mol. The molecule has 0 saturated heterocycles. The third kappa shape index (κ3) is 4.06. The van der Waals surface area contributed by atoms with Crippen molar-refractivity contribution in [1.29, 1.82) is 0 Å². The first-order valence-electron chi connectivity index (χ1n) is 6.35. The van der Waals surface area contributed by atoms with E-state index >= 15 is 0 Å². The van der Waals surface area contributed by atoms with E-state index in [1.165, 1.54) is 12.1 Å². The minimum atomic E-state index is -0.473. The van der Waals surface area contributed by atoms with Crippen LogP contribution in [0.15, 0.2) is 36.5 Å². The van der Waals surface area contributed by atoms with Crippen LogP contribution in [0.1, 0.15) is 12.5 Å². The van der Waals surface area contributed by atoms with Crippen molar-refractivity contribution in [3.63, 3.8) is 0 Å². The third-order valence-corrected chi connectivity index (χ3v) is 3.11. The Balaban J connectivity index is 2.01. The van der Waals surface area contributed by atoms with Gasteiger partial charge in [-0.25, -0.2) is 4.98 Å². The van der Waals surface area contributed by atoms with Gasteiger partial charge in [0.25, 0.3) is 5.69 Å². The Hall–Kier alpha value is -2.34. The second-order valence-electron chi connectivity index (χ2n) is 4.20. The second-order valence-corrected chi connectivity index (χ2v) is 4.61. The van der Waals surface area contributed by atoms with Gasteiger partial charge >= 0.3 is 0 Å². The van der Waals surface area contributed by atoms with Gasteiger partial charge in [-0.05, 0) is 24.6 Å². The number of hydrogen-bond acceptors (Lipinski definition) is 5. The van der Waals surface area contributed by atoms with Crippen molar-refractivity contribution in [2.45, 2.75) is 13.5 Å². The number of halogens is 1. The Kier molecular flexibility index (Phi) is 4.94. The van der Waals surface area contributed by atoms with Crippen LogP contribution in [0.25, 0.3) is 0 Å². The van der Waals surface area contributed by atoms with E-state index in [-0.39, 0.29) is 5.69 Å². The fraction of sp³-hybridized carbons (Fsp3) is 0.214. The molecule has 0 spiro atoms. The summed E-state index contributed by atoms with van der Waals surface area (Å²) in [5.74, 6) is 0.566. The van der Waals surface area contributed by atoms with Crippen molar-refractivity contribution < 1.29 is 9.66 Å². The summed E-state index contributed by atoms with van der Waals surface area (Å²) in [7, 11) is 0. The molecule has 0 fully saturated rings. The quantitative estimate of drug-likeness (QED) is 0.651. The van der Waals surface area contributed by atoms with E-state index in [0.717, 1.165) is 11.3 Å². The number of nitro groups is 1. The summed E-state index contributed by atoms with van der Waals surface area (Å²) in [5.41, 5.74) is 1.57. The molecule has 6 nitrogen and oxygen atoms in total. The first-order valence-corrected chi connectivity index (χ1v) is 6.73. The Bertz CT molecular complexity index is 632. The zero-order valence-electron chi connectivity index (χ0n) is 11.4. The summed E-state index contributed by atoms with van der Waals surface area (Å²) < 4.78 is 5.25. The molecule has 0 saturated carbocycles. The van der Waals surface area contributed by atoms with E-state index < -0.39 is 4.92 Å². The highest BCUT2D eigenvalue weighted by Crippen LogP contribution is 2.23. The highest BCUT2D eigenvalue weighted by molar-refractivity contribution is 6.31. The monoisotopic (exact) mass is 307 g/mol. The molecule has 0 bridgehead atoms. The number of pyridine rings is 1. The summed E-state index contributed by atoms with van der Waals surface area (Å²) in [4.78, 5) is 14.3. The Morgan fingerprint density at radius 3 is 2.76 bits per heavy atom. The number of benzene rings is 1. The smallest absolute Gasteiger partial charge is 0.270 e. The number of nitro benzene ring substituents is 1. The molecule has 0 radical (unpaired) electrons. The van der Waals surface area contributed by atoms with Crippen LogP contribution in [0.3, 0.4) is 0 Å². The maximum atomic E-state index is 10.6. The predicted octanol–water partition coefficient (Wildman–Crippen LogP) is 3.65. The molecule has 0 atom stereocenters. The molecule has 7 heteroatoms. The lowest BCUT2D eigenvalue weighted by atomic mass is 10.2. The van der Waals surface area contributed by atoms with Crippen LogP contribution in [0.2, 0.25) is 5.02 Å². The van der Waals surface area contributed by atoms with Gasteiger partial charge in [0.05, 0.1) is 28.4 Å². The number of aromatic nitrogens is 1. The molecule has 0 aliphatic rings. The summed E-state index contributed by atoms with van der Waals surface area (Å²) >= 11 is 6.03. The molecule has 1 aromatic heterocycles. The Morgan fingerprint density at radius 1 is 1.38 bits per heavy atom. The number of ether oxygens (including phenoxy) is 1. The van der Waals surface area contributed by atoms with Crippen molar-refractivity contribution in [1.82, 2.24) is 4.98 Å². The van der Waals surface area contributed by atoms with Gasteiger partial charge in [0, 0.05) is 24.7 Å². The van der Waals surface area contributed by atoms with Crippen molar-refractivity contribution in [2.24, 2.45) is 0 Å². The van der Waals surface area contributed by atoms with Crippen LogP contribution >= 0.6 is 11.6 Å². The molecule has 2 rings (SSSR count). The Morgan fingerprint density at radius 2 is 2.19 bits per heavy atom. The lowest BCUT2D eigenvalue weighted by Gasteiger charge is -2.08.